The molecule has 5 aromatic rings. The van der Waals surface area contributed by atoms with E-state index in [1.807, 2.05) is 24.3 Å². The van der Waals surface area contributed by atoms with Gasteiger partial charge in [0.15, 0.2) is 5.57 Å². The lowest BCUT2D eigenvalue weighted by Crippen LogP contribution is -2.32. The molecule has 0 unspecified atom stereocenters. The van der Waals surface area contributed by atoms with Crippen LogP contribution in [0.5, 0.6) is 5.75 Å². The number of anilines is 1. The normalized spacial score (nSPS) is 12.1. The summed E-state index contributed by atoms with van der Waals surface area (Å²) in [6.45, 7) is 0. The Morgan fingerprint density at radius 3 is 2.51 bits per heavy atom. The molecule has 2 heterocycles. The van der Waals surface area contributed by atoms with Gasteiger partial charge in [-0.3, -0.25) is 14.2 Å². The number of para-hydroxylation sites is 1. The van der Waals surface area contributed by atoms with E-state index >= 15 is 0 Å². The van der Waals surface area contributed by atoms with Crippen molar-refractivity contribution in [3.05, 3.63) is 121 Å². The molecule has 7 nitrogen and oxygen atoms in total. The third kappa shape index (κ3) is 5.55. The van der Waals surface area contributed by atoms with Gasteiger partial charge >= 0.3 is 0 Å². The van der Waals surface area contributed by atoms with Crippen LogP contribution >= 0.6 is 22.9 Å². The molecule has 0 atom stereocenters. The van der Waals surface area contributed by atoms with E-state index in [1.54, 1.807) is 86.0 Å². The highest BCUT2D eigenvalue weighted by molar-refractivity contribution is 7.07. The van der Waals surface area contributed by atoms with Crippen LogP contribution in [0.4, 0.5) is 5.69 Å². The van der Waals surface area contributed by atoms with E-state index in [9.17, 15) is 14.9 Å². The number of hydrogen-bond donors (Lipinski definition) is 1. The maximum atomic E-state index is 13.6. The first-order valence-electron chi connectivity index (χ1n) is 11.7. The Balaban J connectivity index is 1.63. The van der Waals surface area contributed by atoms with Crippen molar-refractivity contribution in [3.8, 4) is 28.8 Å². The van der Waals surface area contributed by atoms with Gasteiger partial charge in [-0.25, -0.2) is 0 Å². The van der Waals surface area contributed by atoms with Crippen LogP contribution in [-0.4, -0.2) is 17.6 Å². The van der Waals surface area contributed by atoms with Crippen LogP contribution in [0.1, 0.15) is 5.76 Å². The molecule has 0 bridgehead atoms. The number of thiazole rings is 1. The van der Waals surface area contributed by atoms with E-state index in [4.69, 9.17) is 20.8 Å². The highest BCUT2D eigenvalue weighted by Crippen LogP contribution is 2.25. The van der Waals surface area contributed by atoms with Gasteiger partial charge in [0.05, 0.1) is 17.3 Å². The van der Waals surface area contributed by atoms with Crippen LogP contribution in [0.15, 0.2) is 100 Å². The van der Waals surface area contributed by atoms with Gasteiger partial charge in [-0.05, 0) is 60.7 Å². The summed E-state index contributed by atoms with van der Waals surface area (Å²) in [5.41, 5.74) is 1.22. The van der Waals surface area contributed by atoms with Crippen molar-refractivity contribution in [1.82, 2.24) is 4.57 Å². The van der Waals surface area contributed by atoms with Crippen molar-refractivity contribution < 1.29 is 13.9 Å². The zero-order chi connectivity index (χ0) is 27.4. The molecule has 0 spiro atoms. The predicted octanol–water partition coefficient (Wildman–Crippen LogP) is 4.96. The van der Waals surface area contributed by atoms with E-state index in [-0.39, 0.29) is 15.8 Å². The summed E-state index contributed by atoms with van der Waals surface area (Å²) >= 11 is 7.14. The number of methoxy groups -OCH3 is 1. The number of hydrogen-bond acceptors (Lipinski definition) is 6. The van der Waals surface area contributed by atoms with Crippen LogP contribution in [0, 0.1) is 11.3 Å². The lowest BCUT2D eigenvalue weighted by Gasteiger charge is -2.06. The molecule has 0 radical (unpaired) electrons. The molecule has 1 N–H and O–H groups in total. The molecular weight excluding hydrogens is 534 g/mol. The van der Waals surface area contributed by atoms with Gasteiger partial charge in [0.25, 0.3) is 11.5 Å². The van der Waals surface area contributed by atoms with Crippen LogP contribution < -0.4 is 24.8 Å². The first-order chi connectivity index (χ1) is 19.0. The molecule has 0 saturated heterocycles. The number of furan rings is 1. The lowest BCUT2D eigenvalue weighted by molar-refractivity contribution is -0.111. The number of halogens is 1. The van der Waals surface area contributed by atoms with Gasteiger partial charge in [0.1, 0.15) is 28.0 Å². The molecule has 0 aliphatic carbocycles. The second-order valence-electron chi connectivity index (χ2n) is 8.27. The Morgan fingerprint density at radius 1 is 1.05 bits per heavy atom. The lowest BCUT2D eigenvalue weighted by atomic mass is 10.2. The molecule has 5 rings (SSSR count). The Hall–Kier alpha value is -4.84. The highest BCUT2D eigenvalue weighted by Gasteiger charge is 2.17. The molecule has 9 heteroatoms. The fourth-order valence-corrected chi connectivity index (χ4v) is 5.15. The summed E-state index contributed by atoms with van der Waals surface area (Å²) in [7, 11) is 1.55. The molecule has 192 valence electrons. The van der Waals surface area contributed by atoms with Gasteiger partial charge in [-0.2, -0.15) is 5.26 Å². The minimum absolute atomic E-state index is 0.199. The van der Waals surface area contributed by atoms with Crippen LogP contribution in [0.25, 0.3) is 28.7 Å². The molecule has 3 aromatic carbocycles. The first kappa shape index (κ1) is 25.8. The van der Waals surface area contributed by atoms with E-state index in [1.165, 1.54) is 4.57 Å². The quantitative estimate of drug-likeness (QED) is 0.320. The monoisotopic (exact) mass is 553 g/mol. The van der Waals surface area contributed by atoms with Crippen molar-refractivity contribution >= 4 is 46.2 Å². The number of ether oxygens (including phenoxy) is 1. The van der Waals surface area contributed by atoms with Crippen molar-refractivity contribution in [2.75, 3.05) is 12.4 Å². The van der Waals surface area contributed by atoms with E-state index in [0.717, 1.165) is 16.9 Å². The summed E-state index contributed by atoms with van der Waals surface area (Å²) < 4.78 is 13.0. The maximum absolute atomic E-state index is 13.6. The van der Waals surface area contributed by atoms with Gasteiger partial charge in [0.2, 0.25) is 0 Å². The van der Waals surface area contributed by atoms with Crippen molar-refractivity contribution in [2.24, 2.45) is 0 Å². The summed E-state index contributed by atoms with van der Waals surface area (Å²) in [4.78, 5) is 26.8. The van der Waals surface area contributed by atoms with Gasteiger partial charge in [-0.1, -0.05) is 41.9 Å². The van der Waals surface area contributed by atoms with E-state index in [0.29, 0.717) is 38.2 Å². The number of aromatic nitrogens is 1. The second kappa shape index (κ2) is 11.3. The Bertz CT molecular complexity index is 1880. The smallest absolute Gasteiger partial charge is 0.273 e. The van der Waals surface area contributed by atoms with Crippen LogP contribution in [-0.2, 0) is 4.79 Å². The standard InChI is InChI=1S/C30H20ClN3O4S/c1-37-23-12-10-21(11-13-23)33-28(35)25(18-32)30-34(22-8-3-2-4-9-22)29(36)27(39-30)17-24-14-15-26(38-24)19-6-5-7-20(31)16-19/h2-17H,1H3,(H,33,35)/b27-17-,30-25-. The molecule has 0 fully saturated rings. The Kier molecular flexibility index (Phi) is 7.46. The SMILES string of the molecule is COc1ccc(NC(=O)/C(C#N)=c2\s/c(=C\c3ccc(-c4cccc(Cl)c4)o3)c(=O)n2-c2ccccc2)cc1. The van der Waals surface area contributed by atoms with Crippen molar-refractivity contribution in [1.29, 1.82) is 5.26 Å². The second-order valence-corrected chi connectivity index (χ2v) is 9.74. The number of benzene rings is 3. The minimum atomic E-state index is -0.638. The van der Waals surface area contributed by atoms with E-state index < -0.39 is 5.91 Å². The summed E-state index contributed by atoms with van der Waals surface area (Å²) in [6.07, 6.45) is 1.60. The van der Waals surface area contributed by atoms with Crippen LogP contribution in [0.3, 0.4) is 0 Å². The molecule has 2 aromatic heterocycles. The first-order valence-corrected chi connectivity index (χ1v) is 12.9. The van der Waals surface area contributed by atoms with E-state index in [2.05, 4.69) is 5.32 Å². The van der Waals surface area contributed by atoms with Gasteiger partial charge in [0, 0.05) is 22.3 Å². The number of rotatable bonds is 6. The Labute approximate surface area is 232 Å². The zero-order valence-corrected chi connectivity index (χ0v) is 22.1. The minimum Gasteiger partial charge on any atom is -0.497 e. The average Bonchev–Trinajstić information content (AvgIpc) is 3.55. The molecule has 1 amide bonds. The van der Waals surface area contributed by atoms with Crippen LogP contribution in [0.2, 0.25) is 5.02 Å². The van der Waals surface area contributed by atoms with Gasteiger partial charge < -0.3 is 14.5 Å². The summed E-state index contributed by atoms with van der Waals surface area (Å²) in [6, 6.07) is 28.3. The topological polar surface area (TPSA) is 97.3 Å². The van der Waals surface area contributed by atoms with Crippen molar-refractivity contribution in [2.45, 2.75) is 0 Å². The fourth-order valence-electron chi connectivity index (χ4n) is 3.88. The molecule has 39 heavy (non-hydrogen) atoms. The summed E-state index contributed by atoms with van der Waals surface area (Å²) in [5.74, 6) is 1.02. The highest BCUT2D eigenvalue weighted by atomic mass is 35.5. The maximum Gasteiger partial charge on any atom is 0.273 e. The number of nitrogens with one attached hydrogen (secondary N) is 1. The number of nitriles is 1. The van der Waals surface area contributed by atoms with Crippen molar-refractivity contribution in [3.63, 3.8) is 0 Å². The summed E-state index contributed by atoms with van der Waals surface area (Å²) in [5, 5.41) is 13.3. The predicted molar refractivity (Wildman–Crippen MR) is 153 cm³/mol. The zero-order valence-electron chi connectivity index (χ0n) is 20.6. The molecule has 0 aliphatic rings. The number of carbonyl (C=O) groups is 1. The molecule has 0 saturated carbocycles. The average molecular weight is 554 g/mol. The third-order valence-corrected chi connectivity index (χ3v) is 7.08. The third-order valence-electron chi connectivity index (χ3n) is 5.75. The largest absolute Gasteiger partial charge is 0.497 e. The number of carbonyl (C=O) groups excluding carboxylic acids is 1. The van der Waals surface area contributed by atoms with Gasteiger partial charge in [-0.15, -0.1) is 11.3 Å². The number of nitrogens with zero attached hydrogens (tertiary/aromatic N) is 2. The number of amides is 1. The molecule has 0 aliphatic heterocycles. The molecular formula is C30H20ClN3O4S. The fraction of sp³-hybridized carbons (Fsp3) is 0.0333. The Morgan fingerprint density at radius 2 is 1.82 bits per heavy atom.